The smallest absolute Gasteiger partial charge is 0.0627 e. The van der Waals surface area contributed by atoms with E-state index in [1.165, 1.54) is 38.6 Å². The van der Waals surface area contributed by atoms with E-state index in [4.69, 9.17) is 5.21 Å². The standard InChI is InChI=1S/C14H26N2O/c1-2-13-11-16(10-8-14(13)15-17)9-7-12-5-3-4-6-12/h12-13,17H,2-11H2,1H3. The molecule has 1 unspecified atom stereocenters. The quantitative estimate of drug-likeness (QED) is 0.603. The van der Waals surface area contributed by atoms with Gasteiger partial charge in [0.15, 0.2) is 0 Å². The van der Waals surface area contributed by atoms with Gasteiger partial charge in [0, 0.05) is 25.4 Å². The second kappa shape index (κ2) is 6.39. The van der Waals surface area contributed by atoms with Crippen molar-refractivity contribution < 1.29 is 5.21 Å². The van der Waals surface area contributed by atoms with Gasteiger partial charge >= 0.3 is 0 Å². The molecule has 1 aliphatic heterocycles. The van der Waals surface area contributed by atoms with E-state index >= 15 is 0 Å². The molecule has 0 radical (unpaired) electrons. The van der Waals surface area contributed by atoms with Crippen molar-refractivity contribution in [2.24, 2.45) is 17.0 Å². The van der Waals surface area contributed by atoms with Gasteiger partial charge in [0.25, 0.3) is 0 Å². The van der Waals surface area contributed by atoms with Crippen LogP contribution in [0.25, 0.3) is 0 Å². The summed E-state index contributed by atoms with van der Waals surface area (Å²) in [5, 5.41) is 12.4. The largest absolute Gasteiger partial charge is 0.411 e. The fraction of sp³-hybridized carbons (Fsp3) is 0.929. The third-order valence-electron chi connectivity index (χ3n) is 4.58. The van der Waals surface area contributed by atoms with Crippen LogP contribution in [0.3, 0.4) is 0 Å². The van der Waals surface area contributed by atoms with Crippen molar-refractivity contribution in [3.63, 3.8) is 0 Å². The Morgan fingerprint density at radius 3 is 2.76 bits per heavy atom. The van der Waals surface area contributed by atoms with Gasteiger partial charge in [-0.2, -0.15) is 0 Å². The average molecular weight is 238 g/mol. The normalized spacial score (nSPS) is 30.2. The van der Waals surface area contributed by atoms with E-state index in [1.54, 1.807) is 0 Å². The lowest BCUT2D eigenvalue weighted by Crippen LogP contribution is -2.41. The SMILES string of the molecule is CCC1CN(CCC2CCCC2)CCC1=NO. The summed E-state index contributed by atoms with van der Waals surface area (Å²) in [4.78, 5) is 2.57. The minimum absolute atomic E-state index is 0.484. The Labute approximate surface area is 105 Å². The van der Waals surface area contributed by atoms with Crippen molar-refractivity contribution in [2.45, 2.75) is 51.9 Å². The Kier molecular flexibility index (Phi) is 4.84. The molecule has 2 rings (SSSR count). The first-order chi connectivity index (χ1) is 8.33. The van der Waals surface area contributed by atoms with Crippen molar-refractivity contribution >= 4 is 5.71 Å². The topological polar surface area (TPSA) is 35.8 Å². The summed E-state index contributed by atoms with van der Waals surface area (Å²) in [6.07, 6.45) is 9.23. The fourth-order valence-electron chi connectivity index (χ4n) is 3.35. The first-order valence-corrected chi connectivity index (χ1v) is 7.26. The first kappa shape index (κ1) is 12.9. The zero-order valence-electron chi connectivity index (χ0n) is 11.1. The van der Waals surface area contributed by atoms with Crippen LogP contribution in [-0.4, -0.2) is 35.5 Å². The van der Waals surface area contributed by atoms with Gasteiger partial charge in [0.1, 0.15) is 0 Å². The Balaban J connectivity index is 1.75. The summed E-state index contributed by atoms with van der Waals surface area (Å²) < 4.78 is 0. The van der Waals surface area contributed by atoms with E-state index < -0.39 is 0 Å². The molecule has 2 fully saturated rings. The number of oxime groups is 1. The van der Waals surface area contributed by atoms with E-state index in [-0.39, 0.29) is 0 Å². The number of hydrogen-bond acceptors (Lipinski definition) is 3. The van der Waals surface area contributed by atoms with Crippen molar-refractivity contribution in [1.82, 2.24) is 4.90 Å². The Morgan fingerprint density at radius 1 is 1.35 bits per heavy atom. The van der Waals surface area contributed by atoms with E-state index in [9.17, 15) is 0 Å². The second-order valence-electron chi connectivity index (χ2n) is 5.69. The lowest BCUT2D eigenvalue weighted by atomic mass is 9.92. The van der Waals surface area contributed by atoms with E-state index in [0.29, 0.717) is 5.92 Å². The van der Waals surface area contributed by atoms with E-state index in [2.05, 4.69) is 17.0 Å². The third kappa shape index (κ3) is 3.44. The maximum absolute atomic E-state index is 8.95. The predicted octanol–water partition coefficient (Wildman–Crippen LogP) is 3.13. The minimum atomic E-state index is 0.484. The molecule has 1 saturated carbocycles. The third-order valence-corrected chi connectivity index (χ3v) is 4.58. The maximum Gasteiger partial charge on any atom is 0.0627 e. The molecule has 98 valence electrons. The van der Waals surface area contributed by atoms with Gasteiger partial charge < -0.3 is 10.1 Å². The van der Waals surface area contributed by atoms with Crippen LogP contribution < -0.4 is 0 Å². The molecule has 0 aromatic heterocycles. The van der Waals surface area contributed by atoms with Crippen LogP contribution in [0.5, 0.6) is 0 Å². The molecule has 0 amide bonds. The Bertz CT molecular complexity index is 259. The monoisotopic (exact) mass is 238 g/mol. The van der Waals surface area contributed by atoms with Crippen LogP contribution in [0.1, 0.15) is 51.9 Å². The highest BCUT2D eigenvalue weighted by Crippen LogP contribution is 2.28. The second-order valence-corrected chi connectivity index (χ2v) is 5.69. The van der Waals surface area contributed by atoms with Gasteiger partial charge in [-0.15, -0.1) is 0 Å². The summed E-state index contributed by atoms with van der Waals surface area (Å²) in [6.45, 7) is 5.63. The van der Waals surface area contributed by atoms with Gasteiger partial charge in [0.05, 0.1) is 5.71 Å². The van der Waals surface area contributed by atoms with Crippen LogP contribution in [0.4, 0.5) is 0 Å². The number of piperidine rings is 1. The lowest BCUT2D eigenvalue weighted by molar-refractivity contribution is 0.213. The summed E-state index contributed by atoms with van der Waals surface area (Å²) in [5.74, 6) is 1.47. The molecule has 0 spiro atoms. The molecule has 17 heavy (non-hydrogen) atoms. The van der Waals surface area contributed by atoms with Gasteiger partial charge in [-0.25, -0.2) is 0 Å². The highest BCUT2D eigenvalue weighted by Gasteiger charge is 2.25. The van der Waals surface area contributed by atoms with Crippen molar-refractivity contribution in [3.05, 3.63) is 0 Å². The highest BCUT2D eigenvalue weighted by atomic mass is 16.4. The van der Waals surface area contributed by atoms with Crippen LogP contribution in [0, 0.1) is 11.8 Å². The molecular formula is C14H26N2O. The number of likely N-dealkylation sites (tertiary alicyclic amines) is 1. The van der Waals surface area contributed by atoms with Gasteiger partial charge in [-0.3, -0.25) is 0 Å². The molecule has 1 saturated heterocycles. The van der Waals surface area contributed by atoms with Gasteiger partial charge in [-0.1, -0.05) is 37.8 Å². The lowest BCUT2D eigenvalue weighted by Gasteiger charge is -2.33. The summed E-state index contributed by atoms with van der Waals surface area (Å²) >= 11 is 0. The predicted molar refractivity (Wildman–Crippen MR) is 70.6 cm³/mol. The van der Waals surface area contributed by atoms with Crippen LogP contribution >= 0.6 is 0 Å². The molecule has 3 heteroatoms. The summed E-state index contributed by atoms with van der Waals surface area (Å²) in [6, 6.07) is 0. The molecule has 1 atom stereocenters. The van der Waals surface area contributed by atoms with Crippen LogP contribution in [-0.2, 0) is 0 Å². The van der Waals surface area contributed by atoms with Crippen LogP contribution in [0.2, 0.25) is 0 Å². The molecular weight excluding hydrogens is 212 g/mol. The number of nitrogens with zero attached hydrogens (tertiary/aromatic N) is 2. The minimum Gasteiger partial charge on any atom is -0.411 e. The van der Waals surface area contributed by atoms with E-state index in [1.807, 2.05) is 0 Å². The number of rotatable bonds is 4. The zero-order valence-corrected chi connectivity index (χ0v) is 11.1. The van der Waals surface area contributed by atoms with Crippen LogP contribution in [0.15, 0.2) is 5.16 Å². The highest BCUT2D eigenvalue weighted by molar-refractivity contribution is 5.87. The maximum atomic E-state index is 8.95. The van der Waals surface area contributed by atoms with Gasteiger partial charge in [-0.05, 0) is 25.3 Å². The molecule has 2 aliphatic rings. The molecule has 3 nitrogen and oxygen atoms in total. The molecule has 0 bridgehead atoms. The summed E-state index contributed by atoms with van der Waals surface area (Å²) in [5.41, 5.74) is 1.02. The Hall–Kier alpha value is -0.570. The Morgan fingerprint density at radius 2 is 2.12 bits per heavy atom. The molecule has 1 N–H and O–H groups in total. The number of hydrogen-bond donors (Lipinski definition) is 1. The molecule has 1 aliphatic carbocycles. The molecule has 1 heterocycles. The average Bonchev–Trinajstić information content (AvgIpc) is 2.89. The van der Waals surface area contributed by atoms with Gasteiger partial charge in [0.2, 0.25) is 0 Å². The van der Waals surface area contributed by atoms with E-state index in [0.717, 1.165) is 37.6 Å². The first-order valence-electron chi connectivity index (χ1n) is 7.26. The zero-order chi connectivity index (χ0) is 12.1. The van der Waals surface area contributed by atoms with Crippen molar-refractivity contribution in [1.29, 1.82) is 0 Å². The molecule has 0 aromatic carbocycles. The summed E-state index contributed by atoms with van der Waals surface area (Å²) in [7, 11) is 0. The van der Waals surface area contributed by atoms with Crippen molar-refractivity contribution in [3.8, 4) is 0 Å². The molecule has 0 aromatic rings. The fourth-order valence-corrected chi connectivity index (χ4v) is 3.35. The van der Waals surface area contributed by atoms with Crippen molar-refractivity contribution in [2.75, 3.05) is 19.6 Å².